The minimum absolute atomic E-state index is 0.168. The molecule has 4 aliphatic rings. The number of fused-ring (bicyclic) bond motifs is 7. The van der Waals surface area contributed by atoms with Gasteiger partial charge in [-0.1, -0.05) is 40.9 Å². The van der Waals surface area contributed by atoms with Crippen LogP contribution >= 0.6 is 34.8 Å². The first-order chi connectivity index (χ1) is 13.5. The fourth-order valence-corrected chi connectivity index (χ4v) is 5.12. The summed E-state index contributed by atoms with van der Waals surface area (Å²) >= 11 is 19.5. The lowest BCUT2D eigenvalue weighted by molar-refractivity contribution is 0.171. The molecule has 0 fully saturated rings. The molecule has 0 radical (unpaired) electrons. The van der Waals surface area contributed by atoms with Crippen LogP contribution in [0.1, 0.15) is 28.3 Å². The van der Waals surface area contributed by atoms with E-state index in [0.29, 0.717) is 18.0 Å². The summed E-state index contributed by atoms with van der Waals surface area (Å²) < 4.78 is 20.9. The molecule has 0 saturated carbocycles. The van der Waals surface area contributed by atoms with Crippen molar-refractivity contribution in [2.24, 2.45) is 0 Å². The second kappa shape index (κ2) is 5.78. The Balaban J connectivity index is 1.59. The van der Waals surface area contributed by atoms with Gasteiger partial charge in [-0.3, -0.25) is 0 Å². The minimum atomic E-state index is -1.55. The zero-order valence-electron chi connectivity index (χ0n) is 14.5. The fourth-order valence-electron chi connectivity index (χ4n) is 4.43. The summed E-state index contributed by atoms with van der Waals surface area (Å²) in [7, 11) is 0. The van der Waals surface area contributed by atoms with Gasteiger partial charge in [0.05, 0.1) is 0 Å². The van der Waals surface area contributed by atoms with Crippen molar-refractivity contribution in [3.8, 4) is 23.0 Å². The summed E-state index contributed by atoms with van der Waals surface area (Å²) in [4.78, 5) is 2.14. The number of hydrogen-bond acceptors (Lipinski definition) is 5. The Morgan fingerprint density at radius 2 is 1.68 bits per heavy atom. The molecule has 8 heteroatoms. The molecular formula is C20H14Cl3NO4. The average Bonchev–Trinajstić information content (AvgIpc) is 3.32. The largest absolute Gasteiger partial charge is 0.454 e. The van der Waals surface area contributed by atoms with Gasteiger partial charge in [-0.2, -0.15) is 0 Å². The van der Waals surface area contributed by atoms with Gasteiger partial charge in [-0.25, -0.2) is 0 Å². The summed E-state index contributed by atoms with van der Waals surface area (Å²) in [6, 6.07) is 7.45. The molecule has 144 valence electrons. The monoisotopic (exact) mass is 437 g/mol. The van der Waals surface area contributed by atoms with Gasteiger partial charge in [0.25, 0.3) is 0 Å². The Morgan fingerprint density at radius 3 is 2.50 bits per heavy atom. The molecule has 0 aromatic heterocycles. The molecule has 0 amide bonds. The van der Waals surface area contributed by atoms with Crippen LogP contribution in [0.2, 0.25) is 0 Å². The van der Waals surface area contributed by atoms with Crippen LogP contribution in [0.25, 0.3) is 11.8 Å². The molecule has 4 heterocycles. The molecule has 4 aliphatic heterocycles. The molecular weight excluding hydrogens is 425 g/mol. The molecule has 0 aliphatic carbocycles. The highest BCUT2D eigenvalue weighted by atomic mass is 35.6. The first-order valence-corrected chi connectivity index (χ1v) is 10.0. The number of nitrogens with zero attached hydrogens (tertiary/aromatic N) is 1. The summed E-state index contributed by atoms with van der Waals surface area (Å²) in [6.07, 6.45) is 2.92. The molecule has 0 bridgehead atoms. The Bertz CT molecular complexity index is 1050. The number of ether oxygens (including phenoxy) is 4. The van der Waals surface area contributed by atoms with Crippen molar-refractivity contribution >= 4 is 46.6 Å². The van der Waals surface area contributed by atoms with Crippen LogP contribution < -0.4 is 18.9 Å². The second-order valence-corrected chi connectivity index (χ2v) is 9.45. The SMILES string of the molecule is ClC(Cl)(Cl)[C@@H]1c2c(ccc3c2OCO3)C=C2c3cc4c(cc3CCN21)OCO4. The van der Waals surface area contributed by atoms with Crippen molar-refractivity contribution < 1.29 is 18.9 Å². The van der Waals surface area contributed by atoms with Crippen LogP contribution in [0.5, 0.6) is 23.0 Å². The fraction of sp³-hybridized carbons (Fsp3) is 0.300. The van der Waals surface area contributed by atoms with Crippen LogP contribution in [0.15, 0.2) is 24.3 Å². The summed E-state index contributed by atoms with van der Waals surface area (Å²) in [5, 5.41) is 0. The summed E-state index contributed by atoms with van der Waals surface area (Å²) in [5.41, 5.74) is 5.07. The maximum Gasteiger partial charge on any atom is 0.231 e. The smallest absolute Gasteiger partial charge is 0.231 e. The van der Waals surface area contributed by atoms with E-state index in [1.165, 1.54) is 5.56 Å². The third-order valence-corrected chi connectivity index (χ3v) is 6.22. The highest BCUT2D eigenvalue weighted by Gasteiger charge is 2.47. The van der Waals surface area contributed by atoms with Gasteiger partial charge < -0.3 is 23.8 Å². The summed E-state index contributed by atoms with van der Waals surface area (Å²) in [5.74, 6) is 2.85. The molecule has 2 aromatic carbocycles. The van der Waals surface area contributed by atoms with Crippen molar-refractivity contribution in [3.05, 3.63) is 46.5 Å². The molecule has 0 unspecified atom stereocenters. The van der Waals surface area contributed by atoms with Crippen molar-refractivity contribution in [2.75, 3.05) is 20.1 Å². The predicted octanol–water partition coefficient (Wildman–Crippen LogP) is 4.93. The second-order valence-electron chi connectivity index (χ2n) is 7.08. The highest BCUT2D eigenvalue weighted by molar-refractivity contribution is 6.68. The molecule has 0 saturated heterocycles. The van der Waals surface area contributed by atoms with Crippen molar-refractivity contribution in [1.82, 2.24) is 4.90 Å². The van der Waals surface area contributed by atoms with E-state index in [-0.39, 0.29) is 13.6 Å². The summed E-state index contributed by atoms with van der Waals surface area (Å²) in [6.45, 7) is 1.12. The number of hydrogen-bond donors (Lipinski definition) is 0. The number of alkyl halides is 3. The van der Waals surface area contributed by atoms with E-state index in [4.69, 9.17) is 53.8 Å². The zero-order valence-corrected chi connectivity index (χ0v) is 16.8. The molecule has 6 rings (SSSR count). The van der Waals surface area contributed by atoms with E-state index in [9.17, 15) is 0 Å². The van der Waals surface area contributed by atoms with Crippen molar-refractivity contribution in [1.29, 1.82) is 0 Å². The maximum absolute atomic E-state index is 6.50. The maximum atomic E-state index is 6.50. The van der Waals surface area contributed by atoms with E-state index in [1.54, 1.807) is 0 Å². The standard InChI is InChI=1S/C20H14Cl3NO4/c21-20(22,23)19-17-11(1-2-14-18(17)28-9-25-14)5-13-12-7-16-15(26-8-27-16)6-10(12)3-4-24(13)19/h1-2,5-7,19H,3-4,8-9H2/t19-/m0/s1. The molecule has 5 nitrogen and oxygen atoms in total. The third kappa shape index (κ3) is 2.33. The van der Waals surface area contributed by atoms with E-state index >= 15 is 0 Å². The molecule has 2 aromatic rings. The van der Waals surface area contributed by atoms with E-state index in [0.717, 1.165) is 40.3 Å². The van der Waals surface area contributed by atoms with Crippen molar-refractivity contribution in [3.63, 3.8) is 0 Å². The van der Waals surface area contributed by atoms with Crippen LogP contribution in [-0.2, 0) is 6.42 Å². The van der Waals surface area contributed by atoms with Gasteiger partial charge in [0.15, 0.2) is 23.0 Å². The Labute approximate surface area is 176 Å². The van der Waals surface area contributed by atoms with Crippen LogP contribution in [-0.4, -0.2) is 28.8 Å². The molecule has 1 atom stereocenters. The average molecular weight is 439 g/mol. The molecule has 0 spiro atoms. The Hall–Kier alpha value is -1.95. The zero-order chi connectivity index (χ0) is 19.0. The highest BCUT2D eigenvalue weighted by Crippen LogP contribution is 2.57. The van der Waals surface area contributed by atoms with E-state index in [2.05, 4.69) is 17.0 Å². The topological polar surface area (TPSA) is 40.2 Å². The van der Waals surface area contributed by atoms with Gasteiger partial charge in [0.2, 0.25) is 17.4 Å². The Kier molecular flexibility index (Phi) is 3.50. The van der Waals surface area contributed by atoms with E-state index in [1.807, 2.05) is 18.2 Å². The lowest BCUT2D eigenvalue weighted by Crippen LogP contribution is -2.41. The number of benzene rings is 2. The Morgan fingerprint density at radius 1 is 0.929 bits per heavy atom. The first-order valence-electron chi connectivity index (χ1n) is 8.91. The number of rotatable bonds is 0. The number of halogens is 3. The van der Waals surface area contributed by atoms with Crippen LogP contribution in [0, 0.1) is 0 Å². The molecule has 0 N–H and O–H groups in total. The predicted molar refractivity (Wildman–Crippen MR) is 106 cm³/mol. The van der Waals surface area contributed by atoms with Crippen molar-refractivity contribution in [2.45, 2.75) is 16.3 Å². The first kappa shape index (κ1) is 17.0. The van der Waals surface area contributed by atoms with Crippen LogP contribution in [0.3, 0.4) is 0 Å². The minimum Gasteiger partial charge on any atom is -0.454 e. The quantitative estimate of drug-likeness (QED) is 0.546. The lowest BCUT2D eigenvalue weighted by atomic mass is 9.86. The van der Waals surface area contributed by atoms with Gasteiger partial charge in [0.1, 0.15) is 6.04 Å². The van der Waals surface area contributed by atoms with Gasteiger partial charge >= 0.3 is 0 Å². The normalized spacial score (nSPS) is 21.0. The van der Waals surface area contributed by atoms with Crippen LogP contribution in [0.4, 0.5) is 0 Å². The van der Waals surface area contributed by atoms with Gasteiger partial charge in [0, 0.05) is 23.4 Å². The third-order valence-electron chi connectivity index (χ3n) is 5.60. The van der Waals surface area contributed by atoms with Gasteiger partial charge in [-0.05, 0) is 41.8 Å². The van der Waals surface area contributed by atoms with E-state index < -0.39 is 9.83 Å². The molecule has 28 heavy (non-hydrogen) atoms. The lowest BCUT2D eigenvalue weighted by Gasteiger charge is -2.45. The van der Waals surface area contributed by atoms with Gasteiger partial charge in [-0.15, -0.1) is 0 Å².